The van der Waals surface area contributed by atoms with Crippen LogP contribution in [-0.2, 0) is 22.8 Å². The Bertz CT molecular complexity index is 1550. The highest BCUT2D eigenvalue weighted by atomic mass is 32.2. The summed E-state index contributed by atoms with van der Waals surface area (Å²) < 4.78 is 67.4. The molecule has 200 valence electrons. The molecule has 0 saturated carbocycles. The van der Waals surface area contributed by atoms with Gasteiger partial charge in [0.1, 0.15) is 12.1 Å². The quantitative estimate of drug-likeness (QED) is 0.308. The lowest BCUT2D eigenvalue weighted by molar-refractivity contribution is -0.137. The van der Waals surface area contributed by atoms with E-state index in [4.69, 9.17) is 0 Å². The molecule has 1 aromatic carbocycles. The second-order valence-corrected chi connectivity index (χ2v) is 10.5. The van der Waals surface area contributed by atoms with Gasteiger partial charge in [0, 0.05) is 37.2 Å². The Hall–Kier alpha value is -3.68. The van der Waals surface area contributed by atoms with Gasteiger partial charge in [-0.25, -0.2) is 27.7 Å². The molecule has 4 aromatic rings. The van der Waals surface area contributed by atoms with Crippen LogP contribution in [-0.4, -0.2) is 51.4 Å². The third kappa shape index (κ3) is 5.74. The van der Waals surface area contributed by atoms with Crippen LogP contribution in [0.2, 0.25) is 0 Å². The van der Waals surface area contributed by atoms with E-state index in [0.717, 1.165) is 18.9 Å². The maximum Gasteiger partial charge on any atom is 0.418 e. The summed E-state index contributed by atoms with van der Waals surface area (Å²) in [5.74, 6) is 0.214. The Labute approximate surface area is 217 Å². The fourth-order valence-corrected chi connectivity index (χ4v) is 4.96. The molecular weight excluding hydrogens is 521 g/mol. The Morgan fingerprint density at radius 2 is 1.82 bits per heavy atom. The molecule has 0 amide bonds. The fraction of sp³-hybridized carbons (Fsp3) is 0.280. The summed E-state index contributed by atoms with van der Waals surface area (Å²) in [5.41, 5.74) is -0.189. The largest absolute Gasteiger partial charge is 0.418 e. The number of aliphatic hydroxyl groups excluding tert-OH is 1. The molecule has 0 aliphatic rings. The third-order valence-electron chi connectivity index (χ3n) is 5.76. The van der Waals surface area contributed by atoms with Crippen LogP contribution in [0.4, 0.5) is 24.7 Å². The summed E-state index contributed by atoms with van der Waals surface area (Å²) in [7, 11) is -2.11. The molecule has 3 aromatic heterocycles. The van der Waals surface area contributed by atoms with E-state index in [1.165, 1.54) is 48.0 Å². The molecule has 0 saturated heterocycles. The van der Waals surface area contributed by atoms with Crippen LogP contribution in [0.3, 0.4) is 0 Å². The van der Waals surface area contributed by atoms with Crippen molar-refractivity contribution in [1.29, 1.82) is 0 Å². The summed E-state index contributed by atoms with van der Waals surface area (Å²) >= 11 is 0. The number of alkyl halides is 3. The van der Waals surface area contributed by atoms with Gasteiger partial charge in [0.15, 0.2) is 11.6 Å². The van der Waals surface area contributed by atoms with Gasteiger partial charge in [0.25, 0.3) is 0 Å². The highest BCUT2D eigenvalue weighted by Gasteiger charge is 2.34. The predicted molar refractivity (Wildman–Crippen MR) is 136 cm³/mol. The van der Waals surface area contributed by atoms with Crippen molar-refractivity contribution < 1.29 is 26.7 Å². The summed E-state index contributed by atoms with van der Waals surface area (Å²) in [6.45, 7) is 1.87. The lowest BCUT2D eigenvalue weighted by Gasteiger charge is -2.17. The number of aliphatic hydroxyl groups is 1. The number of aromatic nitrogens is 4. The normalized spacial score (nSPS) is 12.3. The Balaban J connectivity index is 1.68. The SMILES string of the molecule is CCCCN(C)S(=O)(=O)c1ccc(Nc2nc(CO)nc3cc(-c4ncccc4C(F)(F)F)cnc23)cc1. The molecular formula is C25H25F3N6O3S. The molecule has 13 heteroatoms. The molecule has 0 unspecified atom stereocenters. The van der Waals surface area contributed by atoms with Crippen LogP contribution >= 0.6 is 0 Å². The standard InChI is InChI=1S/C25H25F3N6O3S/c1-3-4-12-34(2)38(36,37)18-9-7-17(8-10-18)31-24-23-20(32-21(15-35)33-24)13-16(14-30-23)22-19(25(26,27)28)6-5-11-29-22/h5-11,13-14,35H,3-4,12,15H2,1-2H3,(H,31,32,33). The number of fused-ring (bicyclic) bond motifs is 1. The van der Waals surface area contributed by atoms with E-state index >= 15 is 0 Å². The van der Waals surface area contributed by atoms with Gasteiger partial charge >= 0.3 is 6.18 Å². The topological polar surface area (TPSA) is 121 Å². The second-order valence-electron chi connectivity index (χ2n) is 8.47. The number of sulfonamides is 1. The first-order valence-electron chi connectivity index (χ1n) is 11.7. The zero-order valence-electron chi connectivity index (χ0n) is 20.6. The van der Waals surface area contributed by atoms with Gasteiger partial charge in [-0.3, -0.25) is 4.98 Å². The molecule has 4 rings (SSSR count). The number of nitrogens with zero attached hydrogens (tertiary/aromatic N) is 5. The molecule has 0 radical (unpaired) electrons. The number of hydrogen-bond acceptors (Lipinski definition) is 8. The number of nitrogens with one attached hydrogen (secondary N) is 1. The van der Waals surface area contributed by atoms with Crippen molar-refractivity contribution in [2.45, 2.75) is 37.4 Å². The first-order chi connectivity index (χ1) is 18.0. The van der Waals surface area contributed by atoms with Crippen LogP contribution in [0.25, 0.3) is 22.3 Å². The van der Waals surface area contributed by atoms with Gasteiger partial charge < -0.3 is 10.4 Å². The average molecular weight is 547 g/mol. The number of rotatable bonds is 9. The molecule has 0 aliphatic carbocycles. The molecule has 0 atom stereocenters. The molecule has 0 aliphatic heterocycles. The van der Waals surface area contributed by atoms with E-state index in [0.29, 0.717) is 12.2 Å². The van der Waals surface area contributed by atoms with Crippen molar-refractivity contribution in [1.82, 2.24) is 24.2 Å². The van der Waals surface area contributed by atoms with Crippen molar-refractivity contribution in [3.63, 3.8) is 0 Å². The average Bonchev–Trinajstić information content (AvgIpc) is 2.91. The van der Waals surface area contributed by atoms with Gasteiger partial charge in [0.05, 0.1) is 21.7 Å². The van der Waals surface area contributed by atoms with Gasteiger partial charge in [-0.1, -0.05) is 13.3 Å². The second kappa shape index (κ2) is 11.0. The van der Waals surface area contributed by atoms with Crippen molar-refractivity contribution in [3.8, 4) is 11.3 Å². The smallest absolute Gasteiger partial charge is 0.388 e. The minimum Gasteiger partial charge on any atom is -0.388 e. The first kappa shape index (κ1) is 27.4. The van der Waals surface area contributed by atoms with Crippen molar-refractivity contribution in [3.05, 3.63) is 66.2 Å². The monoisotopic (exact) mass is 546 g/mol. The van der Waals surface area contributed by atoms with Crippen molar-refractivity contribution in [2.75, 3.05) is 18.9 Å². The number of halogens is 3. The first-order valence-corrected chi connectivity index (χ1v) is 13.1. The summed E-state index contributed by atoms with van der Waals surface area (Å²) in [4.78, 5) is 16.8. The lowest BCUT2D eigenvalue weighted by Crippen LogP contribution is -2.27. The van der Waals surface area contributed by atoms with E-state index in [1.54, 1.807) is 12.1 Å². The van der Waals surface area contributed by atoms with E-state index in [9.17, 15) is 26.7 Å². The number of benzene rings is 1. The van der Waals surface area contributed by atoms with Crippen LogP contribution in [0.15, 0.2) is 59.8 Å². The van der Waals surface area contributed by atoms with Gasteiger partial charge in [-0.15, -0.1) is 0 Å². The molecule has 3 heterocycles. The van der Waals surface area contributed by atoms with E-state index in [2.05, 4.69) is 25.3 Å². The Morgan fingerprint density at radius 3 is 2.47 bits per heavy atom. The number of unbranched alkanes of at least 4 members (excludes halogenated alkanes) is 1. The molecule has 38 heavy (non-hydrogen) atoms. The minimum absolute atomic E-state index is 0.0211. The van der Waals surface area contributed by atoms with Crippen LogP contribution in [0.1, 0.15) is 31.2 Å². The maximum atomic E-state index is 13.5. The predicted octanol–water partition coefficient (Wildman–Crippen LogP) is 4.76. The molecule has 2 N–H and O–H groups in total. The molecule has 0 bridgehead atoms. The summed E-state index contributed by atoms with van der Waals surface area (Å²) in [6.07, 6.45) is -0.499. The van der Waals surface area contributed by atoms with E-state index in [-0.39, 0.29) is 38.8 Å². The lowest BCUT2D eigenvalue weighted by atomic mass is 10.1. The number of pyridine rings is 2. The van der Waals surface area contributed by atoms with Crippen LogP contribution in [0.5, 0.6) is 0 Å². The zero-order valence-corrected chi connectivity index (χ0v) is 21.4. The molecule has 0 fully saturated rings. The third-order valence-corrected chi connectivity index (χ3v) is 7.63. The maximum absolute atomic E-state index is 13.5. The Kier molecular flexibility index (Phi) is 7.90. The Morgan fingerprint density at radius 1 is 1.08 bits per heavy atom. The van der Waals surface area contributed by atoms with Crippen LogP contribution in [0, 0.1) is 0 Å². The van der Waals surface area contributed by atoms with Gasteiger partial charge in [0.2, 0.25) is 10.0 Å². The number of hydrogen-bond donors (Lipinski definition) is 2. The summed E-state index contributed by atoms with van der Waals surface area (Å²) in [6, 6.07) is 9.58. The molecule has 9 nitrogen and oxygen atoms in total. The van der Waals surface area contributed by atoms with Crippen molar-refractivity contribution in [2.24, 2.45) is 0 Å². The summed E-state index contributed by atoms with van der Waals surface area (Å²) in [5, 5.41) is 12.7. The van der Waals surface area contributed by atoms with Crippen molar-refractivity contribution >= 4 is 32.6 Å². The highest BCUT2D eigenvalue weighted by Crippen LogP contribution is 2.36. The number of anilines is 2. The fourth-order valence-electron chi connectivity index (χ4n) is 3.75. The van der Waals surface area contributed by atoms with E-state index < -0.39 is 28.4 Å². The zero-order chi connectivity index (χ0) is 27.5. The van der Waals surface area contributed by atoms with Gasteiger partial charge in [-0.05, 0) is 48.9 Å². The molecule has 0 spiro atoms. The van der Waals surface area contributed by atoms with Gasteiger partial charge in [-0.2, -0.15) is 13.2 Å². The minimum atomic E-state index is -4.61. The van der Waals surface area contributed by atoms with E-state index in [1.807, 2.05) is 6.92 Å². The van der Waals surface area contributed by atoms with Crippen LogP contribution < -0.4 is 5.32 Å². The highest BCUT2D eigenvalue weighted by molar-refractivity contribution is 7.89.